The molecule has 25 heavy (non-hydrogen) atoms. The van der Waals surface area contributed by atoms with E-state index in [1.807, 2.05) is 10.8 Å². The van der Waals surface area contributed by atoms with Gasteiger partial charge in [0.05, 0.1) is 12.0 Å². The molecule has 0 amide bonds. The topological polar surface area (TPSA) is 78.9 Å². The molecule has 7 heteroatoms. The molecule has 1 saturated carbocycles. The van der Waals surface area contributed by atoms with Gasteiger partial charge in [-0.05, 0) is 30.1 Å². The number of aromatic nitrogens is 4. The highest BCUT2D eigenvalue weighted by Gasteiger charge is 2.50. The minimum atomic E-state index is -1.83. The highest BCUT2D eigenvalue weighted by Crippen LogP contribution is 2.53. The summed E-state index contributed by atoms with van der Waals surface area (Å²) >= 11 is 0. The van der Waals surface area contributed by atoms with Gasteiger partial charge in [0, 0.05) is 6.20 Å². The van der Waals surface area contributed by atoms with Crippen molar-refractivity contribution in [3.8, 4) is 12.3 Å². The van der Waals surface area contributed by atoms with E-state index in [9.17, 15) is 0 Å². The first-order valence-electron chi connectivity index (χ1n) is 8.35. The number of hydrogen-bond donors (Lipinski definition) is 1. The fourth-order valence-corrected chi connectivity index (χ4v) is 3.47. The minimum Gasteiger partial charge on any atom is -0.415 e. The average Bonchev–Trinajstić information content (AvgIpc) is 3.06. The second kappa shape index (κ2) is 5.68. The zero-order chi connectivity index (χ0) is 18.5. The fraction of sp³-hybridized carbons (Fsp3) is 0.500. The molecule has 0 saturated heterocycles. The maximum absolute atomic E-state index is 6.35. The van der Waals surface area contributed by atoms with Crippen LogP contribution in [0.5, 0.6) is 0 Å². The molecule has 3 rings (SSSR count). The maximum atomic E-state index is 6.35. The van der Waals surface area contributed by atoms with E-state index in [4.69, 9.17) is 16.6 Å². The maximum Gasteiger partial charge on any atom is 0.192 e. The molecule has 0 radical (unpaired) electrons. The number of nitrogens with zero attached hydrogens (tertiary/aromatic N) is 4. The Balaban J connectivity index is 1.82. The number of nitrogen functional groups attached to an aromatic ring is 1. The summed E-state index contributed by atoms with van der Waals surface area (Å²) in [5.74, 6) is 3.31. The molecule has 0 aromatic carbocycles. The number of fused-ring (bicyclic) bond motifs is 1. The molecule has 132 valence electrons. The highest BCUT2D eigenvalue weighted by molar-refractivity contribution is 6.74. The van der Waals surface area contributed by atoms with Gasteiger partial charge in [0.2, 0.25) is 0 Å². The Morgan fingerprint density at radius 1 is 1.40 bits per heavy atom. The second-order valence-corrected chi connectivity index (χ2v) is 13.0. The molecule has 1 atom stereocenters. The van der Waals surface area contributed by atoms with Crippen molar-refractivity contribution < 1.29 is 4.43 Å². The molecule has 1 aliphatic carbocycles. The number of terminal acetylenes is 1. The van der Waals surface area contributed by atoms with Crippen LogP contribution < -0.4 is 5.73 Å². The molecular weight excluding hydrogens is 330 g/mol. The van der Waals surface area contributed by atoms with Crippen LogP contribution in [0, 0.1) is 17.8 Å². The molecule has 1 fully saturated rings. The summed E-state index contributed by atoms with van der Waals surface area (Å²) in [4.78, 5) is 12.5. The van der Waals surface area contributed by atoms with Gasteiger partial charge in [-0.2, -0.15) is 0 Å². The van der Waals surface area contributed by atoms with Gasteiger partial charge in [-0.3, -0.25) is 4.57 Å². The molecule has 0 spiro atoms. The van der Waals surface area contributed by atoms with Crippen molar-refractivity contribution in [2.45, 2.75) is 45.3 Å². The molecule has 2 aromatic heterocycles. The molecule has 2 heterocycles. The Hall–Kier alpha value is -2.17. The predicted molar refractivity (Wildman–Crippen MR) is 103 cm³/mol. The van der Waals surface area contributed by atoms with Crippen molar-refractivity contribution in [2.75, 3.05) is 12.3 Å². The van der Waals surface area contributed by atoms with Crippen molar-refractivity contribution in [3.63, 3.8) is 0 Å². The van der Waals surface area contributed by atoms with Crippen molar-refractivity contribution in [1.82, 2.24) is 19.5 Å². The summed E-state index contributed by atoms with van der Waals surface area (Å²) in [7, 11) is -1.83. The first-order valence-corrected chi connectivity index (χ1v) is 11.3. The number of anilines is 1. The van der Waals surface area contributed by atoms with Crippen LogP contribution in [0.25, 0.3) is 17.4 Å². The lowest BCUT2D eigenvalue weighted by Gasteiger charge is -2.36. The van der Waals surface area contributed by atoms with Crippen molar-refractivity contribution >= 4 is 31.5 Å². The molecule has 0 aliphatic heterocycles. The van der Waals surface area contributed by atoms with Crippen LogP contribution in [0.1, 0.15) is 27.2 Å². The molecule has 1 aliphatic rings. The van der Waals surface area contributed by atoms with Crippen molar-refractivity contribution in [1.29, 1.82) is 0 Å². The van der Waals surface area contributed by atoms with E-state index in [1.54, 1.807) is 6.33 Å². The largest absolute Gasteiger partial charge is 0.415 e. The Labute approximate surface area is 149 Å². The van der Waals surface area contributed by atoms with Crippen LogP contribution in [-0.4, -0.2) is 34.4 Å². The third-order valence-electron chi connectivity index (χ3n) is 5.43. The van der Waals surface area contributed by atoms with E-state index in [1.165, 1.54) is 6.33 Å². The van der Waals surface area contributed by atoms with Crippen LogP contribution in [-0.2, 0) is 4.43 Å². The monoisotopic (exact) mass is 355 g/mol. The standard InChI is InChI=1S/C18H25N5OSi/c1-7-18(10-24-25(5,6)17(2,3)4)8-13(18)9-23-12-22-14-15(19)20-11-21-16(14)23/h1,9,11-12H,8,10H2,2-6H3,(H2,19,20,21)/b13-9-. The Morgan fingerprint density at radius 2 is 2.12 bits per heavy atom. The van der Waals surface area contributed by atoms with Gasteiger partial charge >= 0.3 is 0 Å². The van der Waals surface area contributed by atoms with E-state index in [0.717, 1.165) is 12.0 Å². The molecule has 2 N–H and O–H groups in total. The van der Waals surface area contributed by atoms with Crippen LogP contribution >= 0.6 is 0 Å². The molecule has 0 bridgehead atoms. The zero-order valence-corrected chi connectivity index (χ0v) is 16.5. The van der Waals surface area contributed by atoms with Crippen LogP contribution in [0.15, 0.2) is 18.2 Å². The van der Waals surface area contributed by atoms with E-state index < -0.39 is 8.32 Å². The second-order valence-electron chi connectivity index (χ2n) is 8.19. The van der Waals surface area contributed by atoms with E-state index in [-0.39, 0.29) is 10.5 Å². The first kappa shape index (κ1) is 17.6. The van der Waals surface area contributed by atoms with Gasteiger partial charge in [0.15, 0.2) is 25.3 Å². The summed E-state index contributed by atoms with van der Waals surface area (Å²) < 4.78 is 8.21. The van der Waals surface area contributed by atoms with E-state index >= 15 is 0 Å². The third-order valence-corrected chi connectivity index (χ3v) is 9.90. The summed E-state index contributed by atoms with van der Waals surface area (Å²) in [5, 5.41) is 0.163. The third kappa shape index (κ3) is 3.07. The highest BCUT2D eigenvalue weighted by atomic mass is 28.4. The van der Waals surface area contributed by atoms with Crippen molar-refractivity contribution in [2.24, 2.45) is 5.41 Å². The summed E-state index contributed by atoms with van der Waals surface area (Å²) in [6.45, 7) is 11.7. The first-order chi connectivity index (χ1) is 11.6. The lowest BCUT2D eigenvalue weighted by Crippen LogP contribution is -2.42. The smallest absolute Gasteiger partial charge is 0.192 e. The van der Waals surface area contributed by atoms with Gasteiger partial charge in [0.1, 0.15) is 12.7 Å². The van der Waals surface area contributed by atoms with Crippen LogP contribution in [0.3, 0.4) is 0 Å². The van der Waals surface area contributed by atoms with Gasteiger partial charge in [-0.1, -0.05) is 26.7 Å². The number of hydrogen-bond acceptors (Lipinski definition) is 5. The fourth-order valence-electron chi connectivity index (χ4n) is 2.43. The summed E-state index contributed by atoms with van der Waals surface area (Å²) in [6.07, 6.45) is 11.8. The Morgan fingerprint density at radius 3 is 2.76 bits per heavy atom. The van der Waals surface area contributed by atoms with E-state index in [0.29, 0.717) is 23.6 Å². The quantitative estimate of drug-likeness (QED) is 0.672. The minimum absolute atomic E-state index is 0.163. The normalized spacial score (nSPS) is 22.3. The van der Waals surface area contributed by atoms with Crippen LogP contribution in [0.4, 0.5) is 5.82 Å². The number of imidazole rings is 1. The van der Waals surface area contributed by atoms with Crippen molar-refractivity contribution in [3.05, 3.63) is 18.2 Å². The zero-order valence-electron chi connectivity index (χ0n) is 15.5. The predicted octanol–water partition coefficient (Wildman–Crippen LogP) is 3.29. The summed E-state index contributed by atoms with van der Waals surface area (Å²) in [5.41, 5.74) is 7.96. The Kier molecular flexibility index (Phi) is 4.01. The SMILES string of the molecule is C#CC1(CO[Si](C)(C)C(C)(C)C)C/C1=C/n1cnc2c(N)ncnc21. The lowest BCUT2D eigenvalue weighted by atomic mass is 10.1. The van der Waals surface area contributed by atoms with Gasteiger partial charge < -0.3 is 10.2 Å². The average molecular weight is 356 g/mol. The number of nitrogens with two attached hydrogens (primary N) is 1. The Bertz CT molecular complexity index is 887. The van der Waals surface area contributed by atoms with Gasteiger partial charge in [0.25, 0.3) is 0 Å². The molecule has 6 nitrogen and oxygen atoms in total. The molecule has 1 unspecified atom stereocenters. The number of rotatable bonds is 4. The van der Waals surface area contributed by atoms with Gasteiger partial charge in [-0.15, -0.1) is 6.42 Å². The summed E-state index contributed by atoms with van der Waals surface area (Å²) in [6, 6.07) is 0. The van der Waals surface area contributed by atoms with Crippen LogP contribution in [0.2, 0.25) is 18.1 Å². The molecular formula is C18H25N5OSi. The van der Waals surface area contributed by atoms with E-state index in [2.05, 4.69) is 54.7 Å². The molecule has 2 aromatic rings. The van der Waals surface area contributed by atoms with Gasteiger partial charge in [-0.25, -0.2) is 15.0 Å². The lowest BCUT2D eigenvalue weighted by molar-refractivity contribution is 0.252.